The standard InChI is InChI=1S/C14H24N2O2S/c1-11(2)6-4-5-9-16-19(17,18)13-7-8-14(15)12(3)10-13/h7-8,10-11,16H,4-6,9,15H2,1-3H3. The summed E-state index contributed by atoms with van der Waals surface area (Å²) >= 11 is 0. The van der Waals surface area contributed by atoms with E-state index in [9.17, 15) is 8.42 Å². The van der Waals surface area contributed by atoms with Crippen LogP contribution in [0, 0.1) is 12.8 Å². The maximum atomic E-state index is 12.0. The zero-order valence-corrected chi connectivity index (χ0v) is 12.8. The molecule has 5 heteroatoms. The second kappa shape index (κ2) is 6.91. The van der Waals surface area contributed by atoms with Crippen LogP contribution in [0.2, 0.25) is 0 Å². The van der Waals surface area contributed by atoms with Crippen molar-refractivity contribution in [1.29, 1.82) is 0 Å². The van der Waals surface area contributed by atoms with Gasteiger partial charge in [0.2, 0.25) is 10.0 Å². The monoisotopic (exact) mass is 284 g/mol. The molecule has 19 heavy (non-hydrogen) atoms. The number of hydrogen-bond donors (Lipinski definition) is 2. The highest BCUT2D eigenvalue weighted by Crippen LogP contribution is 2.16. The third kappa shape index (κ3) is 5.20. The summed E-state index contributed by atoms with van der Waals surface area (Å²) in [6.45, 7) is 6.62. The summed E-state index contributed by atoms with van der Waals surface area (Å²) in [6, 6.07) is 4.77. The molecule has 0 saturated carbocycles. The van der Waals surface area contributed by atoms with Crippen LogP contribution in [-0.2, 0) is 10.0 Å². The minimum absolute atomic E-state index is 0.281. The molecule has 0 aromatic heterocycles. The lowest BCUT2D eigenvalue weighted by atomic mass is 10.1. The molecular weight excluding hydrogens is 260 g/mol. The first-order chi connectivity index (χ1) is 8.83. The van der Waals surface area contributed by atoms with Gasteiger partial charge in [-0.05, 0) is 43.0 Å². The molecule has 0 atom stereocenters. The van der Waals surface area contributed by atoms with Crippen molar-refractivity contribution in [3.8, 4) is 0 Å². The first-order valence-electron chi connectivity index (χ1n) is 6.68. The number of nitrogens with two attached hydrogens (primary N) is 1. The molecule has 4 nitrogen and oxygen atoms in total. The number of nitrogens with one attached hydrogen (secondary N) is 1. The van der Waals surface area contributed by atoms with E-state index >= 15 is 0 Å². The van der Waals surface area contributed by atoms with Gasteiger partial charge >= 0.3 is 0 Å². The van der Waals surface area contributed by atoms with Gasteiger partial charge in [-0.25, -0.2) is 13.1 Å². The summed E-state index contributed by atoms with van der Waals surface area (Å²) in [4.78, 5) is 0.281. The maximum absolute atomic E-state index is 12.0. The highest BCUT2D eigenvalue weighted by Gasteiger charge is 2.13. The first-order valence-corrected chi connectivity index (χ1v) is 8.17. The normalized spacial score (nSPS) is 12.0. The van der Waals surface area contributed by atoms with E-state index in [1.54, 1.807) is 25.1 Å². The molecule has 0 amide bonds. The number of anilines is 1. The minimum atomic E-state index is -3.41. The number of rotatable bonds is 7. The van der Waals surface area contributed by atoms with Crippen LogP contribution in [0.15, 0.2) is 23.1 Å². The second-order valence-electron chi connectivity index (χ2n) is 5.31. The van der Waals surface area contributed by atoms with Crippen LogP contribution in [0.1, 0.15) is 38.7 Å². The van der Waals surface area contributed by atoms with Crippen LogP contribution in [0.3, 0.4) is 0 Å². The van der Waals surface area contributed by atoms with Gasteiger partial charge in [0.1, 0.15) is 0 Å². The fraction of sp³-hybridized carbons (Fsp3) is 0.571. The number of benzene rings is 1. The van der Waals surface area contributed by atoms with Crippen molar-refractivity contribution < 1.29 is 8.42 Å². The molecule has 0 heterocycles. The van der Waals surface area contributed by atoms with Gasteiger partial charge < -0.3 is 5.73 Å². The Bertz CT molecular complexity index is 510. The smallest absolute Gasteiger partial charge is 0.240 e. The largest absolute Gasteiger partial charge is 0.399 e. The first kappa shape index (κ1) is 16.0. The van der Waals surface area contributed by atoms with Crippen molar-refractivity contribution in [1.82, 2.24) is 4.72 Å². The molecule has 0 spiro atoms. The Balaban J connectivity index is 2.54. The van der Waals surface area contributed by atoms with Crippen molar-refractivity contribution >= 4 is 15.7 Å². The number of sulfonamides is 1. The van der Waals surface area contributed by atoms with E-state index in [-0.39, 0.29) is 4.90 Å². The van der Waals surface area contributed by atoms with Crippen LogP contribution in [0.25, 0.3) is 0 Å². The van der Waals surface area contributed by atoms with E-state index in [0.29, 0.717) is 18.2 Å². The Labute approximate surface area is 116 Å². The van der Waals surface area contributed by atoms with Gasteiger partial charge in [-0.1, -0.05) is 26.7 Å². The van der Waals surface area contributed by atoms with Crippen molar-refractivity contribution in [3.05, 3.63) is 23.8 Å². The fourth-order valence-corrected chi connectivity index (χ4v) is 2.94. The van der Waals surface area contributed by atoms with E-state index < -0.39 is 10.0 Å². The lowest BCUT2D eigenvalue weighted by Gasteiger charge is -2.09. The highest BCUT2D eigenvalue weighted by molar-refractivity contribution is 7.89. The van der Waals surface area contributed by atoms with Crippen LogP contribution in [0.5, 0.6) is 0 Å². The van der Waals surface area contributed by atoms with Crippen LogP contribution in [0.4, 0.5) is 5.69 Å². The molecule has 1 aromatic carbocycles. The van der Waals surface area contributed by atoms with Gasteiger partial charge in [0.25, 0.3) is 0 Å². The predicted octanol–water partition coefficient (Wildman–Crippen LogP) is 2.68. The lowest BCUT2D eigenvalue weighted by molar-refractivity contribution is 0.530. The third-order valence-electron chi connectivity index (χ3n) is 3.05. The van der Waals surface area contributed by atoms with E-state index in [2.05, 4.69) is 18.6 Å². The maximum Gasteiger partial charge on any atom is 0.240 e. The van der Waals surface area contributed by atoms with Gasteiger partial charge in [0, 0.05) is 12.2 Å². The molecule has 0 radical (unpaired) electrons. The van der Waals surface area contributed by atoms with Crippen molar-refractivity contribution in [3.63, 3.8) is 0 Å². The average Bonchev–Trinajstić information content (AvgIpc) is 2.31. The highest BCUT2D eigenvalue weighted by atomic mass is 32.2. The molecule has 0 aliphatic heterocycles. The summed E-state index contributed by atoms with van der Waals surface area (Å²) in [5.41, 5.74) is 7.07. The Hall–Kier alpha value is -1.07. The SMILES string of the molecule is Cc1cc(S(=O)(=O)NCCCCC(C)C)ccc1N. The van der Waals surface area contributed by atoms with Gasteiger partial charge in [0.05, 0.1) is 4.90 Å². The Morgan fingerprint density at radius 1 is 1.26 bits per heavy atom. The van der Waals surface area contributed by atoms with E-state index in [4.69, 9.17) is 5.73 Å². The van der Waals surface area contributed by atoms with Crippen LogP contribution in [-0.4, -0.2) is 15.0 Å². The summed E-state index contributed by atoms with van der Waals surface area (Å²) < 4.78 is 26.7. The molecule has 3 N–H and O–H groups in total. The zero-order valence-electron chi connectivity index (χ0n) is 11.9. The molecule has 1 aromatic rings. The van der Waals surface area contributed by atoms with E-state index in [1.165, 1.54) is 0 Å². The van der Waals surface area contributed by atoms with Gasteiger partial charge in [-0.2, -0.15) is 0 Å². The molecular formula is C14H24N2O2S. The number of nitrogen functional groups attached to an aromatic ring is 1. The quantitative estimate of drug-likeness (QED) is 0.597. The fourth-order valence-electron chi connectivity index (χ4n) is 1.78. The molecule has 0 aliphatic carbocycles. The van der Waals surface area contributed by atoms with Crippen molar-refractivity contribution in [2.75, 3.05) is 12.3 Å². The third-order valence-corrected chi connectivity index (χ3v) is 4.51. The summed E-state index contributed by atoms with van der Waals surface area (Å²) in [7, 11) is -3.41. The summed E-state index contributed by atoms with van der Waals surface area (Å²) in [5, 5.41) is 0. The Kier molecular flexibility index (Phi) is 5.82. The Morgan fingerprint density at radius 3 is 2.53 bits per heavy atom. The van der Waals surface area contributed by atoms with Crippen molar-refractivity contribution in [2.24, 2.45) is 5.92 Å². The molecule has 0 bridgehead atoms. The lowest BCUT2D eigenvalue weighted by Crippen LogP contribution is -2.25. The predicted molar refractivity (Wildman–Crippen MR) is 79.5 cm³/mol. The van der Waals surface area contributed by atoms with Crippen LogP contribution < -0.4 is 10.5 Å². The summed E-state index contributed by atoms with van der Waals surface area (Å²) in [5.74, 6) is 0.663. The average molecular weight is 284 g/mol. The second-order valence-corrected chi connectivity index (χ2v) is 7.07. The Morgan fingerprint density at radius 2 is 1.95 bits per heavy atom. The van der Waals surface area contributed by atoms with Gasteiger partial charge in [-0.15, -0.1) is 0 Å². The molecule has 0 fully saturated rings. The van der Waals surface area contributed by atoms with Crippen molar-refractivity contribution in [2.45, 2.75) is 44.9 Å². The zero-order chi connectivity index (χ0) is 14.5. The molecule has 1 rings (SSSR count). The van der Waals surface area contributed by atoms with Crippen LogP contribution >= 0.6 is 0 Å². The van der Waals surface area contributed by atoms with E-state index in [0.717, 1.165) is 24.8 Å². The number of unbranched alkanes of at least 4 members (excludes halogenated alkanes) is 1. The van der Waals surface area contributed by atoms with Gasteiger partial charge in [-0.3, -0.25) is 0 Å². The number of aryl methyl sites for hydroxylation is 1. The number of hydrogen-bond acceptors (Lipinski definition) is 3. The minimum Gasteiger partial charge on any atom is -0.399 e. The topological polar surface area (TPSA) is 72.2 Å². The molecule has 0 saturated heterocycles. The molecule has 0 unspecified atom stereocenters. The van der Waals surface area contributed by atoms with Gasteiger partial charge in [0.15, 0.2) is 0 Å². The molecule has 108 valence electrons. The molecule has 0 aliphatic rings. The van der Waals surface area contributed by atoms with E-state index in [1.807, 2.05) is 0 Å². The summed E-state index contributed by atoms with van der Waals surface area (Å²) in [6.07, 6.45) is 3.04.